The fraction of sp³-hybridized carbons (Fsp3) is 0.780. The van der Waals surface area contributed by atoms with Gasteiger partial charge < -0.3 is 24.6 Å². The zero-order valence-corrected chi connectivity index (χ0v) is 39.3. The average molecular weight is 867 g/mol. The lowest BCUT2D eigenvalue weighted by Gasteiger charge is -2.20. The summed E-state index contributed by atoms with van der Waals surface area (Å²) in [5.74, 6) is -0.399. The van der Waals surface area contributed by atoms with Crippen LogP contribution in [0.1, 0.15) is 206 Å². The summed E-state index contributed by atoms with van der Waals surface area (Å²) in [7, 11) is -4.53. The van der Waals surface area contributed by atoms with Gasteiger partial charge in [-0.25, -0.2) is 4.57 Å². The lowest BCUT2D eigenvalue weighted by molar-refractivity contribution is -0.154. The van der Waals surface area contributed by atoms with E-state index in [0.29, 0.717) is 13.0 Å². The number of rotatable bonds is 46. The van der Waals surface area contributed by atoms with E-state index < -0.39 is 39.2 Å². The number of ether oxygens (including phenoxy) is 2. The first-order chi connectivity index (χ1) is 29.3. The Labute approximate surface area is 368 Å². The van der Waals surface area contributed by atoms with E-state index in [-0.39, 0.29) is 19.6 Å². The van der Waals surface area contributed by atoms with Gasteiger partial charge in [-0.15, -0.1) is 0 Å². The molecule has 0 spiro atoms. The standard InChI is InChI=1S/C50H91O9P/c1-3-5-7-9-11-13-15-17-19-21-23-24-25-26-28-30-32-34-36-38-40-42-50(53)59-49(47-58-60(54,55)57-45-48(52)44-51)46-56-43-41-39-37-35-33-31-29-27-22-20-18-16-14-12-10-8-6-4-2/h5,7,11,13,17,19,23-24,26,28,48-49,51-52H,3-4,6,8-10,12,14-16,18,20-22,25,27,29-47H2,1-2H3,(H,54,55)/b7-5-,13-11-,19-17-,24-23-,28-26-. The van der Waals surface area contributed by atoms with Crippen molar-refractivity contribution in [3.8, 4) is 0 Å². The van der Waals surface area contributed by atoms with Crippen LogP contribution in [0.25, 0.3) is 0 Å². The van der Waals surface area contributed by atoms with Crippen LogP contribution in [-0.2, 0) is 27.9 Å². The highest BCUT2D eigenvalue weighted by Gasteiger charge is 2.26. The predicted octanol–water partition coefficient (Wildman–Crippen LogP) is 13.9. The molecule has 3 unspecified atom stereocenters. The fourth-order valence-corrected chi connectivity index (χ4v) is 7.35. The molecule has 0 bridgehead atoms. The molecule has 0 aromatic rings. The summed E-state index contributed by atoms with van der Waals surface area (Å²) in [6.07, 6.45) is 54.6. The molecule has 0 amide bonds. The zero-order chi connectivity index (χ0) is 43.9. The lowest BCUT2D eigenvalue weighted by atomic mass is 10.0. The first-order valence-corrected chi connectivity index (χ1v) is 25.8. The van der Waals surface area contributed by atoms with E-state index in [1.807, 2.05) is 0 Å². The van der Waals surface area contributed by atoms with Gasteiger partial charge in [-0.2, -0.15) is 0 Å². The number of hydrogen-bond donors (Lipinski definition) is 3. The Morgan fingerprint density at radius 1 is 0.533 bits per heavy atom. The summed E-state index contributed by atoms with van der Waals surface area (Å²) in [6.45, 7) is 3.40. The monoisotopic (exact) mass is 867 g/mol. The highest BCUT2D eigenvalue weighted by molar-refractivity contribution is 7.47. The van der Waals surface area contributed by atoms with Crippen LogP contribution in [0.4, 0.5) is 0 Å². The van der Waals surface area contributed by atoms with Gasteiger partial charge in [0, 0.05) is 13.0 Å². The van der Waals surface area contributed by atoms with Gasteiger partial charge >= 0.3 is 13.8 Å². The Morgan fingerprint density at radius 3 is 1.43 bits per heavy atom. The first-order valence-electron chi connectivity index (χ1n) is 24.3. The molecule has 3 atom stereocenters. The molecular formula is C50H91O9P. The molecule has 0 aliphatic rings. The number of aliphatic hydroxyl groups excluding tert-OH is 2. The molecule has 0 aliphatic carbocycles. The Morgan fingerprint density at radius 2 is 0.950 bits per heavy atom. The first kappa shape index (κ1) is 58.2. The number of unbranched alkanes of at least 4 members (excludes halogenated alkanes) is 22. The van der Waals surface area contributed by atoms with E-state index in [1.165, 1.54) is 96.3 Å². The third-order valence-electron chi connectivity index (χ3n) is 10.2. The number of esters is 1. The molecule has 9 nitrogen and oxygen atoms in total. The quantitative estimate of drug-likeness (QED) is 0.0237. The van der Waals surface area contributed by atoms with Crippen molar-refractivity contribution in [2.45, 2.75) is 219 Å². The van der Waals surface area contributed by atoms with Crippen LogP contribution in [0.15, 0.2) is 60.8 Å². The molecule has 0 radical (unpaired) electrons. The predicted molar refractivity (Wildman–Crippen MR) is 251 cm³/mol. The van der Waals surface area contributed by atoms with Crippen LogP contribution >= 0.6 is 7.82 Å². The van der Waals surface area contributed by atoms with Crippen LogP contribution in [0, 0.1) is 0 Å². The minimum Gasteiger partial charge on any atom is -0.457 e. The minimum atomic E-state index is -4.53. The summed E-state index contributed by atoms with van der Waals surface area (Å²) < 4.78 is 33.5. The van der Waals surface area contributed by atoms with E-state index in [1.54, 1.807) is 0 Å². The van der Waals surface area contributed by atoms with Crippen molar-refractivity contribution in [3.63, 3.8) is 0 Å². The minimum absolute atomic E-state index is 0.0414. The zero-order valence-electron chi connectivity index (χ0n) is 38.4. The molecule has 10 heteroatoms. The maximum Gasteiger partial charge on any atom is 0.472 e. The number of hydrogen-bond acceptors (Lipinski definition) is 8. The van der Waals surface area contributed by atoms with Gasteiger partial charge in [0.05, 0.1) is 26.4 Å². The Bertz CT molecular complexity index is 1120. The van der Waals surface area contributed by atoms with Crippen LogP contribution in [-0.4, -0.2) is 66.3 Å². The highest BCUT2D eigenvalue weighted by Crippen LogP contribution is 2.43. The summed E-state index contributed by atoms with van der Waals surface area (Å²) in [4.78, 5) is 22.7. The summed E-state index contributed by atoms with van der Waals surface area (Å²) in [5.41, 5.74) is 0. The Kier molecular flexibility index (Phi) is 45.2. The van der Waals surface area contributed by atoms with Crippen LogP contribution in [0.3, 0.4) is 0 Å². The molecule has 0 fully saturated rings. The van der Waals surface area contributed by atoms with Gasteiger partial charge in [0.15, 0.2) is 0 Å². The molecule has 0 aromatic carbocycles. The molecule has 0 aliphatic heterocycles. The van der Waals surface area contributed by atoms with Crippen LogP contribution in [0.2, 0.25) is 0 Å². The van der Waals surface area contributed by atoms with Crippen molar-refractivity contribution in [1.82, 2.24) is 0 Å². The summed E-state index contributed by atoms with van der Waals surface area (Å²) in [5, 5.41) is 18.4. The topological polar surface area (TPSA) is 132 Å². The van der Waals surface area contributed by atoms with Crippen LogP contribution in [0.5, 0.6) is 0 Å². The molecule has 60 heavy (non-hydrogen) atoms. The third kappa shape index (κ3) is 45.7. The number of phosphoric acid groups is 1. The largest absolute Gasteiger partial charge is 0.472 e. The average Bonchev–Trinajstić information content (AvgIpc) is 3.24. The number of aliphatic hydroxyl groups is 2. The molecule has 0 heterocycles. The smallest absolute Gasteiger partial charge is 0.457 e. The maximum absolute atomic E-state index is 12.7. The van der Waals surface area contributed by atoms with Crippen LogP contribution < -0.4 is 0 Å². The molecular weight excluding hydrogens is 776 g/mol. The van der Waals surface area contributed by atoms with E-state index in [4.69, 9.17) is 23.6 Å². The highest BCUT2D eigenvalue weighted by atomic mass is 31.2. The van der Waals surface area contributed by atoms with Crippen molar-refractivity contribution in [2.24, 2.45) is 0 Å². The van der Waals surface area contributed by atoms with Gasteiger partial charge in [0.25, 0.3) is 0 Å². The summed E-state index contributed by atoms with van der Waals surface area (Å²) >= 11 is 0. The van der Waals surface area contributed by atoms with Gasteiger partial charge in [-0.3, -0.25) is 13.8 Å². The maximum atomic E-state index is 12.7. The van der Waals surface area contributed by atoms with Crippen molar-refractivity contribution in [1.29, 1.82) is 0 Å². The number of carbonyl (C=O) groups is 1. The number of phosphoric ester groups is 1. The Hall–Kier alpha value is -1.84. The third-order valence-corrected chi connectivity index (χ3v) is 11.2. The molecule has 0 aromatic heterocycles. The fourth-order valence-electron chi connectivity index (χ4n) is 6.56. The second-order valence-electron chi connectivity index (χ2n) is 16.1. The molecule has 0 rings (SSSR count). The van der Waals surface area contributed by atoms with Crippen molar-refractivity contribution >= 4 is 13.8 Å². The van der Waals surface area contributed by atoms with Gasteiger partial charge in [0.1, 0.15) is 12.2 Å². The van der Waals surface area contributed by atoms with E-state index >= 15 is 0 Å². The molecule has 350 valence electrons. The summed E-state index contributed by atoms with van der Waals surface area (Å²) in [6, 6.07) is 0. The van der Waals surface area contributed by atoms with Crippen molar-refractivity contribution < 1.29 is 43.0 Å². The van der Waals surface area contributed by atoms with E-state index in [0.717, 1.165) is 83.5 Å². The molecule has 3 N–H and O–H groups in total. The molecule has 0 saturated heterocycles. The number of allylic oxidation sites excluding steroid dienone is 10. The SMILES string of the molecule is CC/C=C\C/C=C\C/C=C\C/C=C\C/C=C\CCCCCCCC(=O)OC(COCCCCCCCCCCCCCCCCCCCC)COP(=O)(O)OCC(O)CO. The van der Waals surface area contributed by atoms with Gasteiger partial charge in [-0.1, -0.05) is 203 Å². The van der Waals surface area contributed by atoms with Gasteiger partial charge in [-0.05, 0) is 57.8 Å². The Balaban J connectivity index is 4.15. The second kappa shape index (κ2) is 46.7. The van der Waals surface area contributed by atoms with E-state index in [9.17, 15) is 19.4 Å². The normalized spacial score (nSPS) is 14.4. The lowest BCUT2D eigenvalue weighted by Crippen LogP contribution is -2.29. The second-order valence-corrected chi connectivity index (χ2v) is 17.6. The van der Waals surface area contributed by atoms with E-state index in [2.05, 4.69) is 74.6 Å². The number of carbonyl (C=O) groups excluding carboxylic acids is 1. The van der Waals surface area contributed by atoms with Gasteiger partial charge in [0.2, 0.25) is 0 Å². The van der Waals surface area contributed by atoms with Crippen molar-refractivity contribution in [2.75, 3.05) is 33.0 Å². The van der Waals surface area contributed by atoms with Crippen molar-refractivity contribution in [3.05, 3.63) is 60.8 Å². The molecule has 0 saturated carbocycles.